The summed E-state index contributed by atoms with van der Waals surface area (Å²) in [6, 6.07) is 0. The zero-order valence-electron chi connectivity index (χ0n) is 7.69. The van der Waals surface area contributed by atoms with Crippen LogP contribution in [0.1, 0.15) is 13.3 Å². The van der Waals surface area contributed by atoms with Crippen LogP contribution < -0.4 is 0 Å². The summed E-state index contributed by atoms with van der Waals surface area (Å²) in [5.74, 6) is 0.500. The lowest BCUT2D eigenvalue weighted by atomic mass is 9.98. The first-order valence-corrected chi connectivity index (χ1v) is 6.96. The van der Waals surface area contributed by atoms with Gasteiger partial charge in [-0.2, -0.15) is 0 Å². The van der Waals surface area contributed by atoms with Crippen molar-refractivity contribution in [2.45, 2.75) is 17.7 Å². The normalized spacial score (nSPS) is 42.9. The maximum atomic E-state index is 6.26. The average molecular weight is 334 g/mol. The number of rotatable bonds is 2. The van der Waals surface area contributed by atoms with Gasteiger partial charge in [-0.1, -0.05) is 29.5 Å². The van der Waals surface area contributed by atoms with Crippen LogP contribution in [0.5, 0.6) is 0 Å². The highest BCUT2D eigenvalue weighted by Gasteiger charge is 2.73. The van der Waals surface area contributed by atoms with E-state index in [0.29, 0.717) is 5.92 Å². The van der Waals surface area contributed by atoms with Crippen LogP contribution in [0, 0.1) is 11.3 Å². The topological polar surface area (TPSA) is 3.24 Å². The number of piperidine rings is 1. The molecule has 4 heteroatoms. The molecule has 13 heavy (non-hydrogen) atoms. The van der Waals surface area contributed by atoms with E-state index in [1.165, 1.54) is 11.0 Å². The predicted octanol–water partition coefficient (Wildman–Crippen LogP) is 2.94. The van der Waals surface area contributed by atoms with Gasteiger partial charge in [0.1, 0.15) is 4.33 Å². The third-order valence-electron chi connectivity index (χ3n) is 3.67. The molecule has 2 atom stereocenters. The van der Waals surface area contributed by atoms with Crippen molar-refractivity contribution in [3.8, 4) is 0 Å². The van der Waals surface area contributed by atoms with Crippen molar-refractivity contribution in [1.29, 1.82) is 0 Å². The fraction of sp³-hybridized carbons (Fsp3) is 1.00. The van der Waals surface area contributed by atoms with Crippen molar-refractivity contribution < 1.29 is 0 Å². The Morgan fingerprint density at radius 1 is 1.54 bits per heavy atom. The fourth-order valence-corrected chi connectivity index (χ4v) is 4.04. The van der Waals surface area contributed by atoms with E-state index >= 15 is 0 Å². The number of nitrogens with zero attached hydrogens (tertiary/aromatic N) is 1. The van der Waals surface area contributed by atoms with Crippen molar-refractivity contribution in [1.82, 2.24) is 4.90 Å². The molecule has 0 aromatic rings. The van der Waals surface area contributed by atoms with Gasteiger partial charge in [0.25, 0.3) is 0 Å². The largest absolute Gasteiger partial charge is 0.302 e. The second kappa shape index (κ2) is 3.39. The Hall–Kier alpha value is 1.27. The highest BCUT2D eigenvalue weighted by molar-refractivity contribution is 14.1. The van der Waals surface area contributed by atoms with E-state index in [0.717, 1.165) is 19.5 Å². The van der Waals surface area contributed by atoms with Crippen LogP contribution in [-0.2, 0) is 0 Å². The summed E-state index contributed by atoms with van der Waals surface area (Å²) in [6.45, 7) is 5.65. The average Bonchev–Trinajstić information content (AvgIpc) is 2.50. The molecule has 1 saturated carbocycles. The van der Waals surface area contributed by atoms with Crippen LogP contribution in [0.4, 0.5) is 0 Å². The predicted molar refractivity (Wildman–Crippen MR) is 66.0 cm³/mol. The molecule has 2 unspecified atom stereocenters. The minimum Gasteiger partial charge on any atom is -0.302 e. The fourth-order valence-electron chi connectivity index (χ4n) is 2.39. The lowest BCUT2D eigenvalue weighted by Crippen LogP contribution is -2.35. The minimum absolute atomic E-state index is 0.206. The molecule has 2 aliphatic rings. The number of alkyl halides is 3. The number of hydrogen-bond donors (Lipinski definition) is 0. The molecule has 1 aliphatic carbocycles. The third-order valence-corrected chi connectivity index (χ3v) is 5.55. The van der Waals surface area contributed by atoms with Crippen LogP contribution in [0.15, 0.2) is 0 Å². The first-order valence-electron chi connectivity index (χ1n) is 4.68. The maximum absolute atomic E-state index is 6.26. The molecular weight excluding hydrogens is 320 g/mol. The summed E-state index contributed by atoms with van der Waals surface area (Å²) in [5, 5.41) is 0. The highest BCUT2D eigenvalue weighted by Crippen LogP contribution is 2.72. The van der Waals surface area contributed by atoms with Crippen molar-refractivity contribution >= 4 is 45.8 Å². The van der Waals surface area contributed by atoms with Gasteiger partial charge in [0.05, 0.1) is 0 Å². The number of halogens is 3. The van der Waals surface area contributed by atoms with Gasteiger partial charge < -0.3 is 4.90 Å². The monoisotopic (exact) mass is 333 g/mol. The van der Waals surface area contributed by atoms with E-state index in [1.807, 2.05) is 0 Å². The Morgan fingerprint density at radius 2 is 2.23 bits per heavy atom. The lowest BCUT2D eigenvalue weighted by molar-refractivity contribution is 0.197. The molecule has 2 rings (SSSR count). The second-order valence-corrected chi connectivity index (χ2v) is 6.80. The summed E-state index contributed by atoms with van der Waals surface area (Å²) in [7, 11) is 0. The Balaban J connectivity index is 1.98. The molecule has 1 saturated heterocycles. The van der Waals surface area contributed by atoms with Crippen molar-refractivity contribution in [2.75, 3.05) is 24.1 Å². The van der Waals surface area contributed by atoms with E-state index in [9.17, 15) is 0 Å². The summed E-state index contributed by atoms with van der Waals surface area (Å²) in [5.41, 5.74) is 0.206. The molecule has 76 valence electrons. The Labute approximate surface area is 103 Å². The van der Waals surface area contributed by atoms with Gasteiger partial charge in [0.15, 0.2) is 0 Å². The zero-order valence-corrected chi connectivity index (χ0v) is 11.4. The molecule has 0 bridgehead atoms. The molecule has 0 aromatic heterocycles. The van der Waals surface area contributed by atoms with E-state index < -0.39 is 4.33 Å². The zero-order chi connectivity index (χ0) is 9.69. The molecule has 0 N–H and O–H groups in total. The van der Waals surface area contributed by atoms with Crippen molar-refractivity contribution in [3.63, 3.8) is 0 Å². The molecule has 1 heterocycles. The van der Waals surface area contributed by atoms with Gasteiger partial charge in [0.2, 0.25) is 0 Å². The number of hydrogen-bond acceptors (Lipinski definition) is 1. The molecule has 0 radical (unpaired) electrons. The lowest BCUT2D eigenvalue weighted by Gasteiger charge is -2.28. The van der Waals surface area contributed by atoms with Crippen molar-refractivity contribution in [2.24, 2.45) is 11.3 Å². The van der Waals surface area contributed by atoms with Crippen LogP contribution >= 0.6 is 45.8 Å². The molecule has 0 amide bonds. The quantitative estimate of drug-likeness (QED) is 0.555. The first-order chi connectivity index (χ1) is 6.02. The summed E-state index contributed by atoms with van der Waals surface area (Å²) < 4.78 is 0.756. The molecular formula is C9H14Cl2IN. The number of fused-ring (bicyclic) bond motifs is 1. The van der Waals surface area contributed by atoms with Gasteiger partial charge in [-0.05, 0) is 13.0 Å². The number of likely N-dealkylation sites (tertiary alicyclic amines) is 1. The standard InChI is InChI=1S/C9H14Cl2IN/c1-8-2-4-13(5-3-12)6-7(8)9(8,10)11/h7H,2-6H2,1H3. The molecule has 0 spiro atoms. The summed E-state index contributed by atoms with van der Waals surface area (Å²) in [6.07, 6.45) is 1.15. The Bertz CT molecular complexity index is 222. The molecule has 1 nitrogen and oxygen atoms in total. The van der Waals surface area contributed by atoms with E-state index in [1.54, 1.807) is 0 Å². The molecule has 2 fully saturated rings. The smallest absolute Gasteiger partial charge is 0.128 e. The van der Waals surface area contributed by atoms with E-state index in [4.69, 9.17) is 23.2 Å². The van der Waals surface area contributed by atoms with Gasteiger partial charge in [-0.15, -0.1) is 23.2 Å². The molecule has 1 aliphatic heterocycles. The Morgan fingerprint density at radius 3 is 2.77 bits per heavy atom. The molecule has 0 aromatic carbocycles. The Kier molecular flexibility index (Phi) is 2.81. The SMILES string of the molecule is CC12CCN(CCI)CC1C2(Cl)Cl. The minimum atomic E-state index is -0.437. The van der Waals surface area contributed by atoms with Crippen LogP contribution in [0.2, 0.25) is 0 Å². The second-order valence-electron chi connectivity index (χ2n) is 4.33. The van der Waals surface area contributed by atoms with Gasteiger partial charge in [0, 0.05) is 28.8 Å². The van der Waals surface area contributed by atoms with Gasteiger partial charge in [-0.3, -0.25) is 0 Å². The van der Waals surface area contributed by atoms with Crippen LogP contribution in [-0.4, -0.2) is 33.3 Å². The summed E-state index contributed by atoms with van der Waals surface area (Å²) in [4.78, 5) is 2.48. The van der Waals surface area contributed by atoms with Crippen LogP contribution in [0.25, 0.3) is 0 Å². The van der Waals surface area contributed by atoms with Gasteiger partial charge in [-0.25, -0.2) is 0 Å². The first kappa shape index (κ1) is 10.8. The van der Waals surface area contributed by atoms with E-state index in [2.05, 4.69) is 34.4 Å². The highest BCUT2D eigenvalue weighted by atomic mass is 127. The van der Waals surface area contributed by atoms with Crippen LogP contribution in [0.3, 0.4) is 0 Å². The van der Waals surface area contributed by atoms with E-state index in [-0.39, 0.29) is 5.41 Å². The summed E-state index contributed by atoms with van der Waals surface area (Å²) >= 11 is 14.9. The van der Waals surface area contributed by atoms with Crippen molar-refractivity contribution in [3.05, 3.63) is 0 Å². The van der Waals surface area contributed by atoms with Gasteiger partial charge >= 0.3 is 0 Å². The maximum Gasteiger partial charge on any atom is 0.128 e. The third kappa shape index (κ3) is 1.52.